The quantitative estimate of drug-likeness (QED) is 0.751. The van der Waals surface area contributed by atoms with Crippen molar-refractivity contribution in [2.75, 3.05) is 26.3 Å². The van der Waals surface area contributed by atoms with Crippen LogP contribution in [0, 0.1) is 0 Å². The van der Waals surface area contributed by atoms with Crippen LogP contribution in [0.5, 0.6) is 0 Å². The largest absolute Gasteiger partial charge is 0.381 e. The molecule has 2 heterocycles. The smallest absolute Gasteiger partial charge is 0.0484 e. The first-order valence-corrected chi connectivity index (χ1v) is 6.16. The molecule has 0 aliphatic carbocycles. The molecule has 3 nitrogen and oxygen atoms in total. The molecule has 15 heavy (non-hydrogen) atoms. The predicted molar refractivity (Wildman–Crippen MR) is 61.9 cm³/mol. The van der Waals surface area contributed by atoms with Crippen LogP contribution >= 0.6 is 0 Å². The molecule has 2 rings (SSSR count). The molecule has 0 aromatic heterocycles. The fourth-order valence-electron chi connectivity index (χ4n) is 3.32. The Balaban J connectivity index is 2.17. The summed E-state index contributed by atoms with van der Waals surface area (Å²) >= 11 is 0. The molecule has 0 aromatic rings. The van der Waals surface area contributed by atoms with Gasteiger partial charge in [-0.1, -0.05) is 0 Å². The van der Waals surface area contributed by atoms with Crippen LogP contribution in [0.15, 0.2) is 0 Å². The van der Waals surface area contributed by atoms with Gasteiger partial charge in [0, 0.05) is 30.8 Å². The summed E-state index contributed by atoms with van der Waals surface area (Å²) in [5.41, 5.74) is 6.59. The molecular formula is C12H24N2O. The van der Waals surface area contributed by atoms with E-state index in [1.807, 2.05) is 0 Å². The molecule has 3 heteroatoms. The van der Waals surface area contributed by atoms with E-state index < -0.39 is 0 Å². The van der Waals surface area contributed by atoms with Crippen LogP contribution in [0.25, 0.3) is 0 Å². The molecule has 2 aliphatic rings. The van der Waals surface area contributed by atoms with Crippen LogP contribution in [0.3, 0.4) is 0 Å². The molecular weight excluding hydrogens is 188 g/mol. The zero-order valence-corrected chi connectivity index (χ0v) is 10.1. The topological polar surface area (TPSA) is 38.5 Å². The van der Waals surface area contributed by atoms with Crippen molar-refractivity contribution in [2.24, 2.45) is 5.73 Å². The molecule has 88 valence electrons. The Labute approximate surface area is 93.0 Å². The van der Waals surface area contributed by atoms with Gasteiger partial charge in [0.2, 0.25) is 0 Å². The molecule has 2 fully saturated rings. The number of hydrogen-bond acceptors (Lipinski definition) is 3. The third-order valence-corrected chi connectivity index (χ3v) is 4.28. The molecule has 2 N–H and O–H groups in total. The lowest BCUT2D eigenvalue weighted by Crippen LogP contribution is -2.61. The first-order valence-electron chi connectivity index (χ1n) is 6.16. The van der Waals surface area contributed by atoms with Gasteiger partial charge in [0.1, 0.15) is 0 Å². The number of hydrogen-bond donors (Lipinski definition) is 1. The van der Waals surface area contributed by atoms with Gasteiger partial charge in [0.15, 0.2) is 0 Å². The van der Waals surface area contributed by atoms with Crippen molar-refractivity contribution in [3.05, 3.63) is 0 Å². The Kier molecular flexibility index (Phi) is 3.06. The average Bonchev–Trinajstić information content (AvgIpc) is 2.60. The summed E-state index contributed by atoms with van der Waals surface area (Å²) in [6, 6.07) is 0. The Morgan fingerprint density at radius 2 is 1.87 bits per heavy atom. The Morgan fingerprint density at radius 3 is 2.33 bits per heavy atom. The van der Waals surface area contributed by atoms with Gasteiger partial charge in [-0.05, 0) is 46.1 Å². The van der Waals surface area contributed by atoms with Gasteiger partial charge in [-0.25, -0.2) is 0 Å². The molecule has 0 bridgehead atoms. The van der Waals surface area contributed by atoms with Gasteiger partial charge in [-0.15, -0.1) is 0 Å². The molecule has 0 unspecified atom stereocenters. The van der Waals surface area contributed by atoms with Crippen molar-refractivity contribution in [1.29, 1.82) is 0 Å². The minimum absolute atomic E-state index is 0.220. The number of rotatable bonds is 2. The number of nitrogens with two attached hydrogens (primary N) is 1. The first-order chi connectivity index (χ1) is 7.11. The maximum Gasteiger partial charge on any atom is 0.0484 e. The monoisotopic (exact) mass is 212 g/mol. The maximum absolute atomic E-state index is 6.04. The third kappa shape index (κ3) is 1.93. The third-order valence-electron chi connectivity index (χ3n) is 4.28. The molecule has 0 radical (unpaired) electrons. The molecule has 2 aliphatic heterocycles. The molecule has 2 saturated heterocycles. The van der Waals surface area contributed by atoms with E-state index in [9.17, 15) is 0 Å². The molecule has 0 spiro atoms. The summed E-state index contributed by atoms with van der Waals surface area (Å²) in [5.74, 6) is 0. The number of likely N-dealkylation sites (tertiary alicyclic amines) is 1. The fraction of sp³-hybridized carbons (Fsp3) is 1.00. The van der Waals surface area contributed by atoms with Gasteiger partial charge < -0.3 is 10.5 Å². The van der Waals surface area contributed by atoms with E-state index in [-0.39, 0.29) is 5.54 Å². The normalized spacial score (nSPS) is 30.6. The first kappa shape index (κ1) is 11.4. The zero-order valence-electron chi connectivity index (χ0n) is 10.1. The lowest BCUT2D eigenvalue weighted by atomic mass is 9.85. The van der Waals surface area contributed by atoms with Crippen LogP contribution < -0.4 is 5.73 Å². The lowest BCUT2D eigenvalue weighted by molar-refractivity contribution is -0.0494. The van der Waals surface area contributed by atoms with E-state index in [0.29, 0.717) is 5.54 Å². The van der Waals surface area contributed by atoms with E-state index >= 15 is 0 Å². The van der Waals surface area contributed by atoms with E-state index in [2.05, 4.69) is 18.7 Å². The fourth-order valence-corrected chi connectivity index (χ4v) is 3.32. The van der Waals surface area contributed by atoms with Gasteiger partial charge >= 0.3 is 0 Å². The molecule has 0 aromatic carbocycles. The van der Waals surface area contributed by atoms with E-state index in [1.54, 1.807) is 0 Å². The molecule has 0 amide bonds. The Morgan fingerprint density at radius 1 is 1.20 bits per heavy atom. The minimum Gasteiger partial charge on any atom is -0.381 e. The second kappa shape index (κ2) is 4.04. The highest BCUT2D eigenvalue weighted by molar-refractivity contribution is 5.02. The summed E-state index contributed by atoms with van der Waals surface area (Å²) in [6.45, 7) is 8.46. The standard InChI is InChI=1S/C12H24N2O/c1-11(2)4-3-7-14(11)12(10-13)5-8-15-9-6-12/h3-10,13H2,1-2H3. The van der Waals surface area contributed by atoms with Crippen molar-refractivity contribution in [1.82, 2.24) is 4.90 Å². The van der Waals surface area contributed by atoms with E-state index in [1.165, 1.54) is 19.4 Å². The molecule has 0 saturated carbocycles. The zero-order chi connectivity index (χ0) is 10.9. The summed E-state index contributed by atoms with van der Waals surface area (Å²) < 4.78 is 5.47. The number of ether oxygens (including phenoxy) is 1. The predicted octanol–water partition coefficient (Wildman–Crippen LogP) is 1.37. The van der Waals surface area contributed by atoms with Crippen LogP contribution in [-0.4, -0.2) is 42.3 Å². The average molecular weight is 212 g/mol. The SMILES string of the molecule is CC1(C)CCCN1C1(CN)CCOCC1. The van der Waals surface area contributed by atoms with Gasteiger partial charge in [-0.2, -0.15) is 0 Å². The summed E-state index contributed by atoms with van der Waals surface area (Å²) in [4.78, 5) is 2.66. The van der Waals surface area contributed by atoms with Crippen LogP contribution in [0.1, 0.15) is 39.5 Å². The van der Waals surface area contributed by atoms with Gasteiger partial charge in [0.05, 0.1) is 0 Å². The Bertz CT molecular complexity index is 222. The van der Waals surface area contributed by atoms with Crippen molar-refractivity contribution in [3.8, 4) is 0 Å². The summed E-state index contributed by atoms with van der Waals surface area (Å²) in [7, 11) is 0. The van der Waals surface area contributed by atoms with Crippen LogP contribution in [-0.2, 0) is 4.74 Å². The molecule has 0 atom stereocenters. The van der Waals surface area contributed by atoms with Crippen molar-refractivity contribution >= 4 is 0 Å². The highest BCUT2D eigenvalue weighted by atomic mass is 16.5. The highest BCUT2D eigenvalue weighted by Gasteiger charge is 2.46. The van der Waals surface area contributed by atoms with E-state index in [4.69, 9.17) is 10.5 Å². The van der Waals surface area contributed by atoms with Crippen molar-refractivity contribution in [2.45, 2.75) is 50.6 Å². The highest BCUT2D eigenvalue weighted by Crippen LogP contribution is 2.39. The lowest BCUT2D eigenvalue weighted by Gasteiger charge is -2.50. The van der Waals surface area contributed by atoms with Crippen molar-refractivity contribution in [3.63, 3.8) is 0 Å². The maximum atomic E-state index is 6.04. The van der Waals surface area contributed by atoms with Crippen LogP contribution in [0.4, 0.5) is 0 Å². The second-order valence-corrected chi connectivity index (χ2v) is 5.61. The van der Waals surface area contributed by atoms with Gasteiger partial charge in [0.25, 0.3) is 0 Å². The van der Waals surface area contributed by atoms with Crippen molar-refractivity contribution < 1.29 is 4.74 Å². The minimum atomic E-state index is 0.220. The summed E-state index contributed by atoms with van der Waals surface area (Å²) in [6.07, 6.45) is 4.82. The number of nitrogens with zero attached hydrogens (tertiary/aromatic N) is 1. The van der Waals surface area contributed by atoms with E-state index in [0.717, 1.165) is 32.6 Å². The Hall–Kier alpha value is -0.120. The van der Waals surface area contributed by atoms with Gasteiger partial charge in [-0.3, -0.25) is 4.90 Å². The summed E-state index contributed by atoms with van der Waals surface area (Å²) in [5, 5.41) is 0. The van der Waals surface area contributed by atoms with Crippen LogP contribution in [0.2, 0.25) is 0 Å². The second-order valence-electron chi connectivity index (χ2n) is 5.61.